The summed E-state index contributed by atoms with van der Waals surface area (Å²) in [4.78, 5) is 7.46. The summed E-state index contributed by atoms with van der Waals surface area (Å²) in [6, 6.07) is 1.87. The molecule has 0 aromatic carbocycles. The molecular formula is C10H12N2O. The second kappa shape index (κ2) is 4.58. The third-order valence-corrected chi connectivity index (χ3v) is 1.88. The molecule has 13 heavy (non-hydrogen) atoms. The van der Waals surface area contributed by atoms with Crippen LogP contribution < -0.4 is 0 Å². The van der Waals surface area contributed by atoms with Crippen molar-refractivity contribution in [2.75, 3.05) is 13.7 Å². The maximum absolute atomic E-state index is 6.84. The molecule has 0 N–H and O–H groups in total. The predicted octanol–water partition coefficient (Wildman–Crippen LogP) is 2.13. The van der Waals surface area contributed by atoms with Gasteiger partial charge in [-0.25, -0.2) is 4.85 Å². The smallest absolute Gasteiger partial charge is 0.205 e. The Morgan fingerprint density at radius 1 is 1.62 bits per heavy atom. The van der Waals surface area contributed by atoms with Crippen LogP contribution in [0.25, 0.3) is 4.85 Å². The molecule has 0 amide bonds. The van der Waals surface area contributed by atoms with Crippen LogP contribution in [0.2, 0.25) is 0 Å². The van der Waals surface area contributed by atoms with Gasteiger partial charge in [0.2, 0.25) is 5.69 Å². The van der Waals surface area contributed by atoms with Crippen LogP contribution in [0.4, 0.5) is 5.69 Å². The number of nitrogens with zero attached hydrogens (tertiary/aromatic N) is 2. The van der Waals surface area contributed by atoms with Gasteiger partial charge in [0.25, 0.3) is 0 Å². The quantitative estimate of drug-likeness (QED) is 0.659. The van der Waals surface area contributed by atoms with Gasteiger partial charge in [0, 0.05) is 19.0 Å². The summed E-state index contributed by atoms with van der Waals surface area (Å²) < 4.78 is 4.97. The van der Waals surface area contributed by atoms with E-state index >= 15 is 0 Å². The lowest BCUT2D eigenvalue weighted by Gasteiger charge is -2.04. The average molecular weight is 176 g/mol. The Morgan fingerprint density at radius 2 is 2.38 bits per heavy atom. The zero-order valence-electron chi connectivity index (χ0n) is 7.87. The fourth-order valence-electron chi connectivity index (χ4n) is 1.09. The highest BCUT2D eigenvalue weighted by Gasteiger charge is 2.00. The molecular weight excluding hydrogens is 164 g/mol. The first kappa shape index (κ1) is 9.69. The normalized spacial score (nSPS) is 9.62. The number of pyridine rings is 1. The van der Waals surface area contributed by atoms with Gasteiger partial charge in [-0.3, -0.25) is 4.98 Å². The van der Waals surface area contributed by atoms with Gasteiger partial charge < -0.3 is 4.74 Å². The van der Waals surface area contributed by atoms with Gasteiger partial charge in [0.05, 0.1) is 13.2 Å². The molecule has 1 rings (SSSR count). The topological polar surface area (TPSA) is 26.5 Å². The van der Waals surface area contributed by atoms with E-state index in [4.69, 9.17) is 11.3 Å². The minimum atomic E-state index is 0.594. The van der Waals surface area contributed by atoms with Crippen LogP contribution >= 0.6 is 0 Å². The van der Waals surface area contributed by atoms with E-state index in [1.807, 2.05) is 13.0 Å². The van der Waals surface area contributed by atoms with Crippen molar-refractivity contribution in [2.45, 2.75) is 13.3 Å². The van der Waals surface area contributed by atoms with Gasteiger partial charge in [0.1, 0.15) is 0 Å². The molecule has 1 heterocycles. The summed E-state index contributed by atoms with van der Waals surface area (Å²) in [6.07, 6.45) is 2.41. The molecule has 0 unspecified atom stereocenters. The molecule has 0 saturated heterocycles. The molecule has 0 aliphatic heterocycles. The highest BCUT2D eigenvalue weighted by atomic mass is 16.5. The SMILES string of the molecule is [C-]#[N+]c1cnc(C)c(CCOC)c1. The second-order valence-corrected chi connectivity index (χ2v) is 2.79. The molecule has 0 aliphatic carbocycles. The fourth-order valence-corrected chi connectivity index (χ4v) is 1.09. The largest absolute Gasteiger partial charge is 0.384 e. The minimum Gasteiger partial charge on any atom is -0.384 e. The Bertz CT molecular complexity index is 328. The molecule has 68 valence electrons. The third kappa shape index (κ3) is 2.53. The summed E-state index contributed by atoms with van der Waals surface area (Å²) in [5.74, 6) is 0. The number of ether oxygens (including phenoxy) is 1. The zero-order valence-corrected chi connectivity index (χ0v) is 7.87. The number of aromatic nitrogens is 1. The van der Waals surface area contributed by atoms with Crippen LogP contribution in [0, 0.1) is 13.5 Å². The lowest BCUT2D eigenvalue weighted by molar-refractivity contribution is 0.202. The number of methoxy groups -OCH3 is 1. The zero-order chi connectivity index (χ0) is 9.68. The number of rotatable bonds is 3. The van der Waals surface area contributed by atoms with Crippen LogP contribution in [0.3, 0.4) is 0 Å². The average Bonchev–Trinajstić information content (AvgIpc) is 2.17. The van der Waals surface area contributed by atoms with E-state index in [2.05, 4.69) is 9.83 Å². The first-order valence-corrected chi connectivity index (χ1v) is 4.10. The van der Waals surface area contributed by atoms with Crippen LogP contribution in [0.5, 0.6) is 0 Å². The van der Waals surface area contributed by atoms with Crippen LogP contribution in [-0.2, 0) is 11.2 Å². The number of hydrogen-bond acceptors (Lipinski definition) is 2. The van der Waals surface area contributed by atoms with Crippen LogP contribution in [0.15, 0.2) is 12.3 Å². The van der Waals surface area contributed by atoms with E-state index in [1.165, 1.54) is 0 Å². The standard InChI is InChI=1S/C10H12N2O/c1-8-9(4-5-13-3)6-10(11-2)7-12-8/h6-7H,4-5H2,1,3H3. The first-order chi connectivity index (χ1) is 6.27. The molecule has 1 aromatic heterocycles. The van der Waals surface area contributed by atoms with Gasteiger partial charge in [-0.1, -0.05) is 0 Å². The van der Waals surface area contributed by atoms with Crippen molar-refractivity contribution in [2.24, 2.45) is 0 Å². The number of hydrogen-bond donors (Lipinski definition) is 0. The molecule has 0 fully saturated rings. The van der Waals surface area contributed by atoms with E-state index in [0.717, 1.165) is 17.7 Å². The Balaban J connectivity index is 2.85. The molecule has 1 aromatic rings. The Kier molecular flexibility index (Phi) is 3.41. The van der Waals surface area contributed by atoms with E-state index in [-0.39, 0.29) is 0 Å². The third-order valence-electron chi connectivity index (χ3n) is 1.88. The van der Waals surface area contributed by atoms with E-state index < -0.39 is 0 Å². The van der Waals surface area contributed by atoms with Crippen LogP contribution in [-0.4, -0.2) is 18.7 Å². The van der Waals surface area contributed by atoms with Gasteiger partial charge in [-0.05, 0) is 25.0 Å². The van der Waals surface area contributed by atoms with Crippen molar-refractivity contribution < 1.29 is 4.74 Å². The van der Waals surface area contributed by atoms with Gasteiger partial charge in [0.15, 0.2) is 0 Å². The highest BCUT2D eigenvalue weighted by molar-refractivity contribution is 5.45. The predicted molar refractivity (Wildman–Crippen MR) is 50.8 cm³/mol. The molecule has 0 saturated carbocycles. The Hall–Kier alpha value is -1.40. The summed E-state index contributed by atoms with van der Waals surface area (Å²) >= 11 is 0. The minimum absolute atomic E-state index is 0.594. The first-order valence-electron chi connectivity index (χ1n) is 4.10. The highest BCUT2D eigenvalue weighted by Crippen LogP contribution is 2.15. The van der Waals surface area contributed by atoms with E-state index in [0.29, 0.717) is 12.3 Å². The summed E-state index contributed by atoms with van der Waals surface area (Å²) in [5, 5.41) is 0. The molecule has 0 radical (unpaired) electrons. The molecule has 0 spiro atoms. The maximum Gasteiger partial charge on any atom is 0.205 e. The van der Waals surface area contributed by atoms with Gasteiger partial charge in [-0.2, -0.15) is 0 Å². The maximum atomic E-state index is 6.84. The van der Waals surface area contributed by atoms with Crippen molar-refractivity contribution in [1.29, 1.82) is 0 Å². The van der Waals surface area contributed by atoms with Crippen LogP contribution in [0.1, 0.15) is 11.3 Å². The molecule has 3 nitrogen and oxygen atoms in total. The Labute approximate surface area is 78.2 Å². The van der Waals surface area contributed by atoms with Crippen molar-refractivity contribution in [3.8, 4) is 0 Å². The van der Waals surface area contributed by atoms with Crippen molar-refractivity contribution in [1.82, 2.24) is 4.98 Å². The monoisotopic (exact) mass is 176 g/mol. The summed E-state index contributed by atoms with van der Waals surface area (Å²) in [6.45, 7) is 9.46. The van der Waals surface area contributed by atoms with E-state index in [1.54, 1.807) is 13.3 Å². The number of aryl methyl sites for hydroxylation is 1. The van der Waals surface area contributed by atoms with Crippen molar-refractivity contribution in [3.05, 3.63) is 34.9 Å². The lowest BCUT2D eigenvalue weighted by atomic mass is 10.1. The van der Waals surface area contributed by atoms with Gasteiger partial charge in [-0.15, -0.1) is 0 Å². The van der Waals surface area contributed by atoms with Gasteiger partial charge >= 0.3 is 0 Å². The fraction of sp³-hybridized carbons (Fsp3) is 0.400. The lowest BCUT2D eigenvalue weighted by Crippen LogP contribution is -1.98. The second-order valence-electron chi connectivity index (χ2n) is 2.79. The molecule has 3 heteroatoms. The van der Waals surface area contributed by atoms with Crippen molar-refractivity contribution >= 4 is 5.69 Å². The Morgan fingerprint density at radius 3 is 3.00 bits per heavy atom. The molecule has 0 bridgehead atoms. The van der Waals surface area contributed by atoms with Crippen molar-refractivity contribution in [3.63, 3.8) is 0 Å². The van der Waals surface area contributed by atoms with E-state index in [9.17, 15) is 0 Å². The summed E-state index contributed by atoms with van der Waals surface area (Å²) in [7, 11) is 1.67. The molecule has 0 atom stereocenters. The summed E-state index contributed by atoms with van der Waals surface area (Å²) in [5.41, 5.74) is 2.66. The molecule has 0 aliphatic rings.